The Bertz CT molecular complexity index is 432. The molecule has 0 aliphatic rings. The van der Waals surface area contributed by atoms with Crippen molar-refractivity contribution in [1.82, 2.24) is 5.32 Å². The van der Waals surface area contributed by atoms with Crippen LogP contribution in [0.4, 0.5) is 5.69 Å². The van der Waals surface area contributed by atoms with Crippen LogP contribution in [0.1, 0.15) is 44.0 Å². The number of anilines is 1. The van der Waals surface area contributed by atoms with Crippen molar-refractivity contribution in [2.75, 3.05) is 5.32 Å². The minimum atomic E-state index is 0.0527. The molecule has 0 spiro atoms. The summed E-state index contributed by atoms with van der Waals surface area (Å²) in [6.07, 6.45) is 2.20. The first-order valence-electron chi connectivity index (χ1n) is 6.21. The van der Waals surface area contributed by atoms with E-state index in [0.717, 1.165) is 18.5 Å². The van der Waals surface area contributed by atoms with E-state index in [1.165, 1.54) is 0 Å². The highest BCUT2D eigenvalue weighted by Crippen LogP contribution is 2.11. The van der Waals surface area contributed by atoms with Gasteiger partial charge in [0, 0.05) is 17.3 Å². The fourth-order valence-electron chi connectivity index (χ4n) is 1.71. The van der Waals surface area contributed by atoms with Gasteiger partial charge in [-0.05, 0) is 44.6 Å². The van der Waals surface area contributed by atoms with E-state index in [9.17, 15) is 4.79 Å². The van der Waals surface area contributed by atoms with Gasteiger partial charge in [-0.15, -0.1) is 0 Å². The van der Waals surface area contributed by atoms with E-state index in [1.807, 2.05) is 12.1 Å². The number of carbonyl (C=O) groups is 1. The SMILES string of the molecule is CCCC(C)NC(=S)Nc1cccc(C(C)=O)c1. The largest absolute Gasteiger partial charge is 0.360 e. The van der Waals surface area contributed by atoms with E-state index in [2.05, 4.69) is 24.5 Å². The van der Waals surface area contributed by atoms with Crippen LogP contribution < -0.4 is 10.6 Å². The minimum absolute atomic E-state index is 0.0527. The van der Waals surface area contributed by atoms with Crippen LogP contribution in [0, 0.1) is 0 Å². The van der Waals surface area contributed by atoms with Gasteiger partial charge in [0.05, 0.1) is 0 Å². The zero-order valence-electron chi connectivity index (χ0n) is 11.1. The van der Waals surface area contributed by atoms with Crippen LogP contribution in [-0.2, 0) is 0 Å². The minimum Gasteiger partial charge on any atom is -0.360 e. The van der Waals surface area contributed by atoms with Gasteiger partial charge in [0.25, 0.3) is 0 Å². The summed E-state index contributed by atoms with van der Waals surface area (Å²) in [5, 5.41) is 6.90. The number of benzene rings is 1. The van der Waals surface area contributed by atoms with Gasteiger partial charge in [0.15, 0.2) is 10.9 Å². The third kappa shape index (κ3) is 4.84. The molecule has 2 N–H and O–H groups in total. The Morgan fingerprint density at radius 3 is 2.78 bits per heavy atom. The van der Waals surface area contributed by atoms with Gasteiger partial charge in [-0.3, -0.25) is 4.79 Å². The second-order valence-electron chi connectivity index (χ2n) is 4.43. The lowest BCUT2D eigenvalue weighted by molar-refractivity contribution is 0.101. The molecule has 98 valence electrons. The predicted octanol–water partition coefficient (Wildman–Crippen LogP) is 3.36. The van der Waals surface area contributed by atoms with Gasteiger partial charge in [-0.1, -0.05) is 25.5 Å². The molecule has 0 heterocycles. The van der Waals surface area contributed by atoms with Crippen LogP contribution in [0.2, 0.25) is 0 Å². The number of rotatable bonds is 5. The first-order valence-corrected chi connectivity index (χ1v) is 6.62. The van der Waals surface area contributed by atoms with Gasteiger partial charge < -0.3 is 10.6 Å². The summed E-state index contributed by atoms with van der Waals surface area (Å²) in [6, 6.07) is 7.69. The van der Waals surface area contributed by atoms with Crippen molar-refractivity contribution >= 4 is 28.8 Å². The Morgan fingerprint density at radius 2 is 2.17 bits per heavy atom. The fraction of sp³-hybridized carbons (Fsp3) is 0.429. The molecule has 0 bridgehead atoms. The maximum Gasteiger partial charge on any atom is 0.170 e. The van der Waals surface area contributed by atoms with E-state index >= 15 is 0 Å². The van der Waals surface area contributed by atoms with E-state index in [4.69, 9.17) is 12.2 Å². The molecular weight excluding hydrogens is 244 g/mol. The highest BCUT2D eigenvalue weighted by Gasteiger charge is 2.04. The lowest BCUT2D eigenvalue weighted by atomic mass is 10.1. The van der Waals surface area contributed by atoms with Crippen molar-refractivity contribution in [3.63, 3.8) is 0 Å². The molecule has 0 fully saturated rings. The maximum absolute atomic E-state index is 11.3. The first kappa shape index (κ1) is 14.6. The third-order valence-electron chi connectivity index (χ3n) is 2.63. The fourth-order valence-corrected chi connectivity index (χ4v) is 2.03. The van der Waals surface area contributed by atoms with Crippen LogP contribution in [0.15, 0.2) is 24.3 Å². The molecule has 1 rings (SSSR count). The standard InChI is InChI=1S/C14H20N2OS/c1-4-6-10(2)15-14(18)16-13-8-5-7-12(9-13)11(3)17/h5,7-10H,4,6H2,1-3H3,(H2,15,16,18). The van der Waals surface area contributed by atoms with Crippen LogP contribution in [0.3, 0.4) is 0 Å². The van der Waals surface area contributed by atoms with Crippen LogP contribution >= 0.6 is 12.2 Å². The monoisotopic (exact) mass is 264 g/mol. The molecule has 0 aliphatic heterocycles. The third-order valence-corrected chi connectivity index (χ3v) is 2.85. The Morgan fingerprint density at radius 1 is 1.44 bits per heavy atom. The molecule has 18 heavy (non-hydrogen) atoms. The number of nitrogens with one attached hydrogen (secondary N) is 2. The number of carbonyl (C=O) groups excluding carboxylic acids is 1. The van der Waals surface area contributed by atoms with Crippen molar-refractivity contribution < 1.29 is 4.79 Å². The topological polar surface area (TPSA) is 41.1 Å². The van der Waals surface area contributed by atoms with Crippen LogP contribution in [0.5, 0.6) is 0 Å². The zero-order chi connectivity index (χ0) is 13.5. The van der Waals surface area contributed by atoms with Crippen molar-refractivity contribution in [3.05, 3.63) is 29.8 Å². The molecule has 1 aromatic carbocycles. The number of ketones is 1. The van der Waals surface area contributed by atoms with Crippen molar-refractivity contribution in [2.45, 2.75) is 39.7 Å². The van der Waals surface area contributed by atoms with E-state index < -0.39 is 0 Å². The van der Waals surface area contributed by atoms with Crippen molar-refractivity contribution in [1.29, 1.82) is 0 Å². The molecule has 0 aliphatic carbocycles. The Balaban J connectivity index is 2.59. The van der Waals surface area contributed by atoms with Gasteiger partial charge in [0.1, 0.15) is 0 Å². The average Bonchev–Trinajstić information content (AvgIpc) is 2.29. The number of Topliss-reactive ketones (excluding diaryl/α,β-unsaturated/α-hetero) is 1. The summed E-state index contributed by atoms with van der Waals surface area (Å²) in [5.74, 6) is 0.0527. The molecule has 1 aromatic rings. The lowest BCUT2D eigenvalue weighted by Crippen LogP contribution is -2.35. The smallest absolute Gasteiger partial charge is 0.170 e. The van der Waals surface area contributed by atoms with Crippen LogP contribution in [-0.4, -0.2) is 16.9 Å². The summed E-state index contributed by atoms with van der Waals surface area (Å²) in [7, 11) is 0. The highest BCUT2D eigenvalue weighted by atomic mass is 32.1. The molecule has 3 nitrogen and oxygen atoms in total. The molecule has 0 aromatic heterocycles. The molecule has 0 radical (unpaired) electrons. The second kappa shape index (κ2) is 7.11. The molecule has 0 saturated heterocycles. The van der Waals surface area contributed by atoms with Crippen molar-refractivity contribution in [3.8, 4) is 0 Å². The number of thiocarbonyl (C=S) groups is 1. The summed E-state index contributed by atoms with van der Waals surface area (Å²) in [6.45, 7) is 5.80. The lowest BCUT2D eigenvalue weighted by Gasteiger charge is -2.16. The predicted molar refractivity (Wildman–Crippen MR) is 80.2 cm³/mol. The van der Waals surface area contributed by atoms with Crippen molar-refractivity contribution in [2.24, 2.45) is 0 Å². The zero-order valence-corrected chi connectivity index (χ0v) is 11.9. The summed E-state index contributed by atoms with van der Waals surface area (Å²) in [4.78, 5) is 11.3. The Kier molecular flexibility index (Phi) is 5.78. The quantitative estimate of drug-likeness (QED) is 0.632. The summed E-state index contributed by atoms with van der Waals surface area (Å²) < 4.78 is 0. The Labute approximate surface area is 114 Å². The molecular formula is C14H20N2OS. The molecule has 0 saturated carbocycles. The Hall–Kier alpha value is -1.42. The van der Waals surface area contributed by atoms with Crippen LogP contribution in [0.25, 0.3) is 0 Å². The van der Waals surface area contributed by atoms with Gasteiger partial charge >= 0.3 is 0 Å². The molecule has 4 heteroatoms. The number of hydrogen-bond donors (Lipinski definition) is 2. The second-order valence-corrected chi connectivity index (χ2v) is 4.83. The molecule has 1 unspecified atom stereocenters. The molecule has 0 amide bonds. The van der Waals surface area contributed by atoms with E-state index in [1.54, 1.807) is 19.1 Å². The number of hydrogen-bond acceptors (Lipinski definition) is 2. The summed E-state index contributed by atoms with van der Waals surface area (Å²) >= 11 is 5.23. The molecule has 1 atom stereocenters. The highest BCUT2D eigenvalue weighted by molar-refractivity contribution is 7.80. The van der Waals surface area contributed by atoms with Gasteiger partial charge in [-0.2, -0.15) is 0 Å². The average molecular weight is 264 g/mol. The van der Waals surface area contributed by atoms with E-state index in [0.29, 0.717) is 16.7 Å². The normalized spacial score (nSPS) is 11.7. The van der Waals surface area contributed by atoms with E-state index in [-0.39, 0.29) is 5.78 Å². The van der Waals surface area contributed by atoms with Gasteiger partial charge in [-0.25, -0.2) is 0 Å². The van der Waals surface area contributed by atoms with Gasteiger partial charge in [0.2, 0.25) is 0 Å². The summed E-state index contributed by atoms with van der Waals surface area (Å²) in [5.41, 5.74) is 1.52. The maximum atomic E-state index is 11.3. The first-order chi connectivity index (χ1) is 8.52.